The Labute approximate surface area is 94.7 Å². The first-order chi connectivity index (χ1) is 7.93. The zero-order chi connectivity index (χ0) is 10.8. The molecule has 0 unspecified atom stereocenters. The van der Waals surface area contributed by atoms with Gasteiger partial charge in [0.15, 0.2) is 0 Å². The molecule has 1 atom stereocenters. The maximum absolute atomic E-state index is 5.37. The van der Waals surface area contributed by atoms with E-state index in [-0.39, 0.29) is 0 Å². The Hall–Kier alpha value is -1.61. The molecule has 1 aromatic carbocycles. The zero-order valence-electron chi connectivity index (χ0n) is 9.04. The predicted molar refractivity (Wildman–Crippen MR) is 62.1 cm³/mol. The highest BCUT2D eigenvalue weighted by molar-refractivity contribution is 5.57. The summed E-state index contributed by atoms with van der Waals surface area (Å²) in [6.07, 6.45) is 3.11. The quantitative estimate of drug-likeness (QED) is 0.768. The number of rotatable bonds is 2. The van der Waals surface area contributed by atoms with Crippen LogP contribution < -0.4 is 0 Å². The van der Waals surface area contributed by atoms with E-state index in [4.69, 9.17) is 4.74 Å². The fourth-order valence-corrected chi connectivity index (χ4v) is 2.03. The number of nitrogens with zero attached hydrogens (tertiary/aromatic N) is 2. The van der Waals surface area contributed by atoms with E-state index < -0.39 is 0 Å². The largest absolute Gasteiger partial charge is 0.379 e. The van der Waals surface area contributed by atoms with Crippen LogP contribution in [0.5, 0.6) is 0 Å². The second-order valence-corrected chi connectivity index (χ2v) is 4.06. The summed E-state index contributed by atoms with van der Waals surface area (Å²) < 4.78 is 7.39. The van der Waals surface area contributed by atoms with Gasteiger partial charge in [-0.2, -0.15) is 5.10 Å². The third-order valence-electron chi connectivity index (χ3n) is 2.96. The summed E-state index contributed by atoms with van der Waals surface area (Å²) in [6, 6.07) is 12.7. The van der Waals surface area contributed by atoms with Crippen molar-refractivity contribution in [1.29, 1.82) is 0 Å². The highest BCUT2D eigenvalue weighted by Gasteiger charge is 2.18. The van der Waals surface area contributed by atoms with Gasteiger partial charge in [0, 0.05) is 18.4 Å². The molecule has 0 saturated carbocycles. The molecule has 3 rings (SSSR count). The van der Waals surface area contributed by atoms with Gasteiger partial charge < -0.3 is 4.74 Å². The van der Waals surface area contributed by atoms with Gasteiger partial charge in [-0.1, -0.05) is 30.3 Å². The number of aromatic nitrogens is 2. The molecule has 0 N–H and O–H groups in total. The first-order valence-electron chi connectivity index (χ1n) is 5.62. The molecule has 0 aliphatic carbocycles. The van der Waals surface area contributed by atoms with E-state index >= 15 is 0 Å². The number of hydrogen-bond donors (Lipinski definition) is 0. The van der Waals surface area contributed by atoms with Gasteiger partial charge in [-0.3, -0.25) is 4.68 Å². The van der Waals surface area contributed by atoms with Gasteiger partial charge in [0.25, 0.3) is 0 Å². The fraction of sp³-hybridized carbons (Fsp3) is 0.308. The lowest BCUT2D eigenvalue weighted by atomic mass is 10.2. The average molecular weight is 214 g/mol. The van der Waals surface area contributed by atoms with Gasteiger partial charge in [0.2, 0.25) is 0 Å². The fourth-order valence-electron chi connectivity index (χ4n) is 2.03. The predicted octanol–water partition coefficient (Wildman–Crippen LogP) is 2.51. The van der Waals surface area contributed by atoms with Crippen LogP contribution in [-0.4, -0.2) is 23.0 Å². The van der Waals surface area contributed by atoms with Crippen molar-refractivity contribution in [3.63, 3.8) is 0 Å². The van der Waals surface area contributed by atoms with Crippen molar-refractivity contribution in [2.75, 3.05) is 13.2 Å². The van der Waals surface area contributed by atoms with Crippen molar-refractivity contribution in [2.45, 2.75) is 12.5 Å². The molecule has 82 valence electrons. The van der Waals surface area contributed by atoms with E-state index in [1.165, 1.54) is 5.56 Å². The molecular weight excluding hydrogens is 200 g/mol. The lowest BCUT2D eigenvalue weighted by Gasteiger charge is -2.07. The monoisotopic (exact) mass is 214 g/mol. The van der Waals surface area contributed by atoms with Crippen molar-refractivity contribution < 1.29 is 4.74 Å². The summed E-state index contributed by atoms with van der Waals surface area (Å²) in [7, 11) is 0. The van der Waals surface area contributed by atoms with Crippen LogP contribution in [0.1, 0.15) is 12.5 Å². The van der Waals surface area contributed by atoms with Crippen molar-refractivity contribution in [3.05, 3.63) is 42.6 Å². The summed E-state index contributed by atoms with van der Waals surface area (Å²) in [4.78, 5) is 0. The standard InChI is InChI=1S/C13H14N2O/c1-2-4-11(5-3-1)13-6-8-15(14-13)12-7-9-16-10-12/h1-6,8,12H,7,9-10H2/t12-/m1/s1. The Bertz CT molecular complexity index is 458. The summed E-state index contributed by atoms with van der Waals surface area (Å²) in [5.74, 6) is 0. The molecule has 1 aliphatic heterocycles. The van der Waals surface area contributed by atoms with E-state index in [1.54, 1.807) is 0 Å². The molecular formula is C13H14N2O. The molecule has 16 heavy (non-hydrogen) atoms. The Morgan fingerprint density at radius 1 is 1.19 bits per heavy atom. The van der Waals surface area contributed by atoms with Gasteiger partial charge in [0.05, 0.1) is 18.3 Å². The van der Waals surface area contributed by atoms with Gasteiger partial charge in [-0.25, -0.2) is 0 Å². The van der Waals surface area contributed by atoms with Crippen LogP contribution in [0.3, 0.4) is 0 Å². The van der Waals surface area contributed by atoms with E-state index in [2.05, 4.69) is 23.3 Å². The van der Waals surface area contributed by atoms with E-state index in [0.29, 0.717) is 6.04 Å². The van der Waals surface area contributed by atoms with Crippen molar-refractivity contribution in [3.8, 4) is 11.3 Å². The smallest absolute Gasteiger partial charge is 0.0923 e. The summed E-state index contributed by atoms with van der Waals surface area (Å²) >= 11 is 0. The van der Waals surface area contributed by atoms with Crippen LogP contribution in [0, 0.1) is 0 Å². The molecule has 3 nitrogen and oxygen atoms in total. The Balaban J connectivity index is 1.87. The van der Waals surface area contributed by atoms with Crippen LogP contribution in [0.15, 0.2) is 42.6 Å². The highest BCUT2D eigenvalue weighted by Crippen LogP contribution is 2.21. The molecule has 2 aromatic rings. The topological polar surface area (TPSA) is 27.1 Å². The Kier molecular flexibility index (Phi) is 2.46. The minimum Gasteiger partial charge on any atom is -0.379 e. The first-order valence-corrected chi connectivity index (χ1v) is 5.62. The van der Waals surface area contributed by atoms with Crippen LogP contribution in [0.4, 0.5) is 0 Å². The van der Waals surface area contributed by atoms with Gasteiger partial charge in [-0.05, 0) is 12.5 Å². The number of hydrogen-bond acceptors (Lipinski definition) is 2. The SMILES string of the molecule is c1ccc(-c2ccn([C@@H]3CCOC3)n2)cc1. The van der Waals surface area contributed by atoms with E-state index in [1.807, 2.05) is 29.1 Å². The molecule has 0 amide bonds. The highest BCUT2D eigenvalue weighted by atomic mass is 16.5. The number of ether oxygens (including phenoxy) is 1. The first kappa shape index (κ1) is 9.60. The van der Waals surface area contributed by atoms with E-state index in [0.717, 1.165) is 25.3 Å². The van der Waals surface area contributed by atoms with Crippen molar-refractivity contribution in [2.24, 2.45) is 0 Å². The molecule has 3 heteroatoms. The molecule has 0 spiro atoms. The summed E-state index contributed by atoms with van der Waals surface area (Å²) in [5, 5.41) is 4.60. The van der Waals surface area contributed by atoms with Gasteiger partial charge in [0.1, 0.15) is 0 Å². The van der Waals surface area contributed by atoms with Gasteiger partial charge >= 0.3 is 0 Å². The average Bonchev–Trinajstić information content (AvgIpc) is 3.01. The maximum Gasteiger partial charge on any atom is 0.0923 e. The number of benzene rings is 1. The maximum atomic E-state index is 5.37. The lowest BCUT2D eigenvalue weighted by Crippen LogP contribution is -2.08. The second kappa shape index (κ2) is 4.10. The molecule has 2 heterocycles. The summed E-state index contributed by atoms with van der Waals surface area (Å²) in [6.45, 7) is 1.64. The molecule has 1 aromatic heterocycles. The zero-order valence-corrected chi connectivity index (χ0v) is 9.04. The molecule has 1 fully saturated rings. The molecule has 1 aliphatic rings. The summed E-state index contributed by atoms with van der Waals surface area (Å²) in [5.41, 5.74) is 2.20. The Morgan fingerprint density at radius 2 is 2.06 bits per heavy atom. The molecule has 1 saturated heterocycles. The normalized spacial score (nSPS) is 20.1. The van der Waals surface area contributed by atoms with Crippen molar-refractivity contribution >= 4 is 0 Å². The van der Waals surface area contributed by atoms with Crippen LogP contribution in [0.25, 0.3) is 11.3 Å². The third-order valence-corrected chi connectivity index (χ3v) is 2.96. The minimum atomic E-state index is 0.414. The van der Waals surface area contributed by atoms with Crippen LogP contribution in [0.2, 0.25) is 0 Å². The van der Waals surface area contributed by atoms with Crippen molar-refractivity contribution in [1.82, 2.24) is 9.78 Å². The molecule has 0 bridgehead atoms. The van der Waals surface area contributed by atoms with Crippen LogP contribution >= 0.6 is 0 Å². The van der Waals surface area contributed by atoms with Gasteiger partial charge in [-0.15, -0.1) is 0 Å². The van der Waals surface area contributed by atoms with E-state index in [9.17, 15) is 0 Å². The third kappa shape index (κ3) is 1.74. The second-order valence-electron chi connectivity index (χ2n) is 4.06. The lowest BCUT2D eigenvalue weighted by molar-refractivity contribution is 0.184. The van der Waals surface area contributed by atoms with Crippen LogP contribution in [-0.2, 0) is 4.74 Å². The molecule has 0 radical (unpaired) electrons. The Morgan fingerprint density at radius 3 is 2.81 bits per heavy atom. The minimum absolute atomic E-state index is 0.414.